The van der Waals surface area contributed by atoms with E-state index in [0.717, 1.165) is 32.0 Å². The van der Waals surface area contributed by atoms with E-state index in [1.54, 1.807) is 7.05 Å². The number of aromatic nitrogens is 1. The van der Waals surface area contributed by atoms with Gasteiger partial charge in [0.15, 0.2) is 5.96 Å². The van der Waals surface area contributed by atoms with E-state index in [0.29, 0.717) is 0 Å². The van der Waals surface area contributed by atoms with Crippen LogP contribution in [0.2, 0.25) is 0 Å². The molecule has 124 valence electrons. The Morgan fingerprint density at radius 2 is 1.67 bits per heavy atom. The van der Waals surface area contributed by atoms with Gasteiger partial charge < -0.3 is 15.2 Å². The van der Waals surface area contributed by atoms with Gasteiger partial charge in [-0.2, -0.15) is 0 Å². The summed E-state index contributed by atoms with van der Waals surface area (Å²) in [5.41, 5.74) is 1.34. The van der Waals surface area contributed by atoms with Gasteiger partial charge in [-0.05, 0) is 34.9 Å². The van der Waals surface area contributed by atoms with E-state index in [2.05, 4.69) is 75.1 Å². The second-order valence-electron chi connectivity index (χ2n) is 5.78. The minimum atomic E-state index is 0.850. The molecule has 0 saturated heterocycles. The monoisotopic (exact) mass is 320 g/mol. The number of nitrogens with zero attached hydrogens (tertiary/aromatic N) is 2. The van der Waals surface area contributed by atoms with Crippen LogP contribution in [0.3, 0.4) is 0 Å². The number of hydrogen-bond acceptors (Lipinski definition) is 1. The van der Waals surface area contributed by atoms with E-state index in [9.17, 15) is 0 Å². The normalized spacial score (nSPS) is 11.6. The second kappa shape index (κ2) is 8.20. The molecule has 24 heavy (non-hydrogen) atoms. The Morgan fingerprint density at radius 3 is 2.46 bits per heavy atom. The molecule has 0 spiro atoms. The summed E-state index contributed by atoms with van der Waals surface area (Å²) in [6.45, 7) is 2.64. The topological polar surface area (TPSA) is 41.4 Å². The predicted octanol–water partition coefficient (Wildman–Crippen LogP) is 3.05. The summed E-state index contributed by atoms with van der Waals surface area (Å²) in [6.07, 6.45) is 5.11. The molecule has 0 aliphatic heterocycles. The first-order chi connectivity index (χ1) is 11.8. The molecule has 0 radical (unpaired) electrons. The summed E-state index contributed by atoms with van der Waals surface area (Å²) in [4.78, 5) is 4.27. The van der Waals surface area contributed by atoms with Crippen molar-refractivity contribution in [2.75, 3.05) is 20.1 Å². The standard InChI is InChI=1S/C20H24N4/c1-21-20(23-12-15-24-13-4-5-14-24)22-11-10-17-8-9-18-6-2-3-7-19(18)16-17/h2-9,13-14,16H,10-12,15H2,1H3,(H2,21,22,23). The SMILES string of the molecule is CN=C(NCCc1ccc2ccccc2c1)NCCn1cccc1. The van der Waals surface area contributed by atoms with Gasteiger partial charge in [-0.15, -0.1) is 0 Å². The lowest BCUT2D eigenvalue weighted by molar-refractivity contribution is 0.665. The van der Waals surface area contributed by atoms with Crippen LogP contribution in [0.15, 0.2) is 72.0 Å². The van der Waals surface area contributed by atoms with Crippen LogP contribution in [0.25, 0.3) is 10.8 Å². The van der Waals surface area contributed by atoms with Crippen molar-refractivity contribution >= 4 is 16.7 Å². The number of rotatable bonds is 6. The van der Waals surface area contributed by atoms with Crippen molar-refractivity contribution in [1.82, 2.24) is 15.2 Å². The van der Waals surface area contributed by atoms with Crippen LogP contribution in [0.1, 0.15) is 5.56 Å². The van der Waals surface area contributed by atoms with Gasteiger partial charge in [-0.25, -0.2) is 0 Å². The van der Waals surface area contributed by atoms with Gasteiger partial charge in [0.1, 0.15) is 0 Å². The lowest BCUT2D eigenvalue weighted by atomic mass is 10.1. The lowest BCUT2D eigenvalue weighted by Gasteiger charge is -2.12. The number of hydrogen-bond donors (Lipinski definition) is 2. The molecule has 1 heterocycles. The molecule has 0 unspecified atom stereocenters. The number of nitrogens with one attached hydrogen (secondary N) is 2. The van der Waals surface area contributed by atoms with Gasteiger partial charge in [0, 0.05) is 39.1 Å². The first-order valence-corrected chi connectivity index (χ1v) is 8.38. The average molecular weight is 320 g/mol. The van der Waals surface area contributed by atoms with Gasteiger partial charge in [0.05, 0.1) is 0 Å². The second-order valence-corrected chi connectivity index (χ2v) is 5.78. The van der Waals surface area contributed by atoms with Crippen molar-refractivity contribution in [2.24, 2.45) is 4.99 Å². The zero-order valence-corrected chi connectivity index (χ0v) is 14.1. The fourth-order valence-electron chi connectivity index (χ4n) is 2.76. The van der Waals surface area contributed by atoms with Crippen molar-refractivity contribution < 1.29 is 0 Å². The Balaban J connectivity index is 1.45. The van der Waals surface area contributed by atoms with E-state index in [4.69, 9.17) is 0 Å². The third-order valence-electron chi connectivity index (χ3n) is 4.07. The summed E-state index contributed by atoms with van der Waals surface area (Å²) in [5.74, 6) is 0.850. The Kier molecular flexibility index (Phi) is 5.51. The van der Waals surface area contributed by atoms with Crippen molar-refractivity contribution in [1.29, 1.82) is 0 Å². The fourth-order valence-corrected chi connectivity index (χ4v) is 2.76. The van der Waals surface area contributed by atoms with Gasteiger partial charge in [0.2, 0.25) is 0 Å². The fraction of sp³-hybridized carbons (Fsp3) is 0.250. The predicted molar refractivity (Wildman–Crippen MR) is 101 cm³/mol. The number of guanidine groups is 1. The molecule has 2 aromatic carbocycles. The largest absolute Gasteiger partial charge is 0.356 e. The first-order valence-electron chi connectivity index (χ1n) is 8.38. The molecule has 0 amide bonds. The number of fused-ring (bicyclic) bond motifs is 1. The molecule has 0 aliphatic carbocycles. The molecule has 0 fully saturated rings. The molecule has 4 heteroatoms. The Labute approximate surface area is 143 Å². The summed E-state index contributed by atoms with van der Waals surface area (Å²) in [5, 5.41) is 9.30. The average Bonchev–Trinajstić information content (AvgIpc) is 3.13. The van der Waals surface area contributed by atoms with E-state index in [1.165, 1.54) is 16.3 Å². The summed E-state index contributed by atoms with van der Waals surface area (Å²) >= 11 is 0. The maximum atomic E-state index is 4.27. The van der Waals surface area contributed by atoms with Crippen LogP contribution in [-0.2, 0) is 13.0 Å². The van der Waals surface area contributed by atoms with Crippen molar-refractivity contribution in [3.63, 3.8) is 0 Å². The van der Waals surface area contributed by atoms with Crippen molar-refractivity contribution in [2.45, 2.75) is 13.0 Å². The van der Waals surface area contributed by atoms with Crippen LogP contribution in [-0.4, -0.2) is 30.7 Å². The Hall–Kier alpha value is -2.75. The van der Waals surface area contributed by atoms with E-state index >= 15 is 0 Å². The zero-order chi connectivity index (χ0) is 16.6. The highest BCUT2D eigenvalue weighted by molar-refractivity contribution is 5.83. The number of benzene rings is 2. The molecule has 4 nitrogen and oxygen atoms in total. The Morgan fingerprint density at radius 1 is 0.917 bits per heavy atom. The van der Waals surface area contributed by atoms with Crippen LogP contribution in [0.5, 0.6) is 0 Å². The van der Waals surface area contributed by atoms with E-state index < -0.39 is 0 Å². The van der Waals surface area contributed by atoms with Crippen LogP contribution in [0, 0.1) is 0 Å². The molecule has 3 rings (SSSR count). The Bertz CT molecular complexity index is 790. The quantitative estimate of drug-likeness (QED) is 0.541. The minimum absolute atomic E-state index is 0.850. The third kappa shape index (κ3) is 4.38. The van der Waals surface area contributed by atoms with Gasteiger partial charge in [-0.3, -0.25) is 4.99 Å². The molecule has 0 atom stereocenters. The molecule has 0 bridgehead atoms. The van der Waals surface area contributed by atoms with Crippen LogP contribution < -0.4 is 10.6 Å². The first kappa shape index (κ1) is 16.1. The zero-order valence-electron chi connectivity index (χ0n) is 14.1. The van der Waals surface area contributed by atoms with Crippen molar-refractivity contribution in [3.8, 4) is 0 Å². The third-order valence-corrected chi connectivity index (χ3v) is 4.07. The van der Waals surface area contributed by atoms with Gasteiger partial charge in [0.25, 0.3) is 0 Å². The highest BCUT2D eigenvalue weighted by atomic mass is 15.2. The lowest BCUT2D eigenvalue weighted by Crippen LogP contribution is -2.39. The summed E-state index contributed by atoms with van der Waals surface area (Å²) in [7, 11) is 1.81. The number of aliphatic imine (C=N–C) groups is 1. The smallest absolute Gasteiger partial charge is 0.191 e. The molecule has 0 aliphatic rings. The van der Waals surface area contributed by atoms with Crippen LogP contribution in [0.4, 0.5) is 0 Å². The molecule has 3 aromatic rings. The molecule has 1 aromatic heterocycles. The van der Waals surface area contributed by atoms with Crippen molar-refractivity contribution in [3.05, 3.63) is 72.6 Å². The van der Waals surface area contributed by atoms with Crippen LogP contribution >= 0.6 is 0 Å². The molecular weight excluding hydrogens is 296 g/mol. The minimum Gasteiger partial charge on any atom is -0.356 e. The van der Waals surface area contributed by atoms with E-state index in [-0.39, 0.29) is 0 Å². The highest BCUT2D eigenvalue weighted by Crippen LogP contribution is 2.15. The molecular formula is C20H24N4. The van der Waals surface area contributed by atoms with E-state index in [1.807, 2.05) is 12.1 Å². The van der Waals surface area contributed by atoms with Gasteiger partial charge >= 0.3 is 0 Å². The highest BCUT2D eigenvalue weighted by Gasteiger charge is 1.99. The molecule has 0 saturated carbocycles. The molecule has 2 N–H and O–H groups in total. The summed E-state index contributed by atoms with van der Waals surface area (Å²) < 4.78 is 2.15. The maximum Gasteiger partial charge on any atom is 0.191 e. The maximum absolute atomic E-state index is 4.27. The summed E-state index contributed by atoms with van der Waals surface area (Å²) in [6, 6.07) is 19.2. The van der Waals surface area contributed by atoms with Gasteiger partial charge in [-0.1, -0.05) is 42.5 Å².